The summed E-state index contributed by atoms with van der Waals surface area (Å²) in [7, 11) is 1.64. The summed E-state index contributed by atoms with van der Waals surface area (Å²) in [5.41, 5.74) is 1.53. The summed E-state index contributed by atoms with van der Waals surface area (Å²) in [6.45, 7) is 8.65. The molecule has 5 heteroatoms. The summed E-state index contributed by atoms with van der Waals surface area (Å²) in [6.07, 6.45) is 1.05. The van der Waals surface area contributed by atoms with Gasteiger partial charge in [0.25, 0.3) is 0 Å². The summed E-state index contributed by atoms with van der Waals surface area (Å²) in [6, 6.07) is 7.88. The van der Waals surface area contributed by atoms with Gasteiger partial charge in [0.05, 0.1) is 12.6 Å². The van der Waals surface area contributed by atoms with Gasteiger partial charge in [-0.1, -0.05) is 31.2 Å². The van der Waals surface area contributed by atoms with Crippen molar-refractivity contribution in [2.45, 2.75) is 58.7 Å². The van der Waals surface area contributed by atoms with Crippen LogP contribution in [-0.2, 0) is 22.4 Å². The van der Waals surface area contributed by atoms with Crippen LogP contribution in [0.4, 0.5) is 4.79 Å². The Kier molecular flexibility index (Phi) is 8.22. The summed E-state index contributed by atoms with van der Waals surface area (Å²) in [5, 5.41) is 9.10. The minimum Gasteiger partial charge on any atom is -0.444 e. The highest BCUT2D eigenvalue weighted by Gasteiger charge is 2.27. The Balaban J connectivity index is 2.99. The fourth-order valence-electron chi connectivity index (χ4n) is 2.49. The number of ether oxygens (including phenoxy) is 2. The van der Waals surface area contributed by atoms with Crippen LogP contribution in [0.2, 0.25) is 0 Å². The third-order valence-electron chi connectivity index (χ3n) is 3.64. The highest BCUT2D eigenvalue weighted by Crippen LogP contribution is 2.18. The fraction of sp³-hybridized carbons (Fsp3) is 0.632. The Morgan fingerprint density at radius 2 is 1.96 bits per heavy atom. The van der Waals surface area contributed by atoms with E-state index in [1.807, 2.05) is 52.0 Å². The largest absolute Gasteiger partial charge is 0.444 e. The van der Waals surface area contributed by atoms with E-state index < -0.39 is 5.60 Å². The molecule has 0 bridgehead atoms. The monoisotopic (exact) mass is 337 g/mol. The minimum atomic E-state index is -0.542. The molecule has 0 heterocycles. The van der Waals surface area contributed by atoms with Gasteiger partial charge in [-0.2, -0.15) is 0 Å². The first-order valence-electron chi connectivity index (χ1n) is 8.48. The molecule has 0 saturated carbocycles. The number of carbonyl (C=O) groups is 1. The van der Waals surface area contributed by atoms with Gasteiger partial charge in [0.15, 0.2) is 0 Å². The molecule has 0 spiro atoms. The lowest BCUT2D eigenvalue weighted by atomic mass is 10.1. The van der Waals surface area contributed by atoms with E-state index in [0.29, 0.717) is 19.6 Å². The van der Waals surface area contributed by atoms with Crippen molar-refractivity contribution in [3.05, 3.63) is 35.4 Å². The molecule has 1 aromatic carbocycles. The summed E-state index contributed by atoms with van der Waals surface area (Å²) in [4.78, 5) is 14.4. The van der Waals surface area contributed by atoms with Crippen LogP contribution in [0.1, 0.15) is 45.2 Å². The number of aliphatic hydroxyl groups is 1. The van der Waals surface area contributed by atoms with Crippen LogP contribution in [0, 0.1) is 0 Å². The third-order valence-corrected chi connectivity index (χ3v) is 3.64. The van der Waals surface area contributed by atoms with Crippen LogP contribution < -0.4 is 0 Å². The number of nitrogens with zero attached hydrogens (tertiary/aromatic N) is 1. The van der Waals surface area contributed by atoms with Gasteiger partial charge in [-0.15, -0.1) is 0 Å². The number of carbonyl (C=O) groups excluding carboxylic acids is 1. The predicted octanol–water partition coefficient (Wildman–Crippen LogP) is 3.38. The number of rotatable bonds is 8. The second-order valence-corrected chi connectivity index (χ2v) is 6.92. The van der Waals surface area contributed by atoms with Gasteiger partial charge in [-0.25, -0.2) is 4.79 Å². The Labute approximate surface area is 145 Å². The molecular weight excluding hydrogens is 306 g/mol. The average Bonchev–Trinajstić information content (AvgIpc) is 2.49. The maximum Gasteiger partial charge on any atom is 0.410 e. The molecule has 1 amide bonds. The molecule has 0 saturated heterocycles. The number of hydrogen-bond acceptors (Lipinski definition) is 4. The van der Waals surface area contributed by atoms with Gasteiger partial charge in [-0.3, -0.25) is 4.90 Å². The molecule has 136 valence electrons. The quantitative estimate of drug-likeness (QED) is 0.790. The van der Waals surface area contributed by atoms with Crippen LogP contribution in [0.15, 0.2) is 24.3 Å². The van der Waals surface area contributed by atoms with E-state index in [0.717, 1.165) is 17.5 Å². The molecule has 5 nitrogen and oxygen atoms in total. The lowest BCUT2D eigenvalue weighted by molar-refractivity contribution is 0.00277. The van der Waals surface area contributed by atoms with Crippen molar-refractivity contribution in [3.63, 3.8) is 0 Å². The standard InChI is InChI=1S/C19H31NO4/c1-6-17(14-23-5)20(18(22)24-19(2,3)4)13-16-9-7-8-15(12-16)10-11-21/h7-9,12,17,21H,6,10-11,13-14H2,1-5H3/t17-/m0/s1. The molecule has 1 aromatic rings. The lowest BCUT2D eigenvalue weighted by Gasteiger charge is -2.33. The van der Waals surface area contributed by atoms with Crippen LogP contribution in [-0.4, -0.2) is 48.1 Å². The number of aliphatic hydroxyl groups excluding tert-OH is 1. The molecule has 0 aliphatic rings. The molecule has 1 N–H and O–H groups in total. The van der Waals surface area contributed by atoms with Crippen LogP contribution in [0.25, 0.3) is 0 Å². The summed E-state index contributed by atoms with van der Waals surface area (Å²) < 4.78 is 10.8. The maximum atomic E-state index is 12.7. The first kappa shape index (κ1) is 20.5. The predicted molar refractivity (Wildman–Crippen MR) is 95.0 cm³/mol. The number of hydrogen-bond donors (Lipinski definition) is 1. The average molecular weight is 337 g/mol. The van der Waals surface area contributed by atoms with Crippen molar-refractivity contribution < 1.29 is 19.4 Å². The van der Waals surface area contributed by atoms with Gasteiger partial charge in [0, 0.05) is 20.3 Å². The van der Waals surface area contributed by atoms with Crippen molar-refractivity contribution in [3.8, 4) is 0 Å². The molecule has 0 radical (unpaired) electrons. The number of methoxy groups -OCH3 is 1. The first-order chi connectivity index (χ1) is 11.3. The molecular formula is C19H31NO4. The molecule has 1 rings (SSSR count). The zero-order chi connectivity index (χ0) is 18.2. The second-order valence-electron chi connectivity index (χ2n) is 6.92. The zero-order valence-electron chi connectivity index (χ0n) is 15.5. The van der Waals surface area contributed by atoms with E-state index >= 15 is 0 Å². The van der Waals surface area contributed by atoms with Gasteiger partial charge in [0.1, 0.15) is 5.60 Å². The molecule has 0 aliphatic heterocycles. The number of benzene rings is 1. The molecule has 0 aliphatic carbocycles. The van der Waals surface area contributed by atoms with E-state index in [2.05, 4.69) is 0 Å². The Morgan fingerprint density at radius 1 is 1.29 bits per heavy atom. The molecule has 0 fully saturated rings. The minimum absolute atomic E-state index is 0.0497. The Bertz CT molecular complexity index is 510. The third kappa shape index (κ3) is 6.89. The van der Waals surface area contributed by atoms with Gasteiger partial charge in [0.2, 0.25) is 0 Å². The van der Waals surface area contributed by atoms with Gasteiger partial charge < -0.3 is 14.6 Å². The van der Waals surface area contributed by atoms with Gasteiger partial charge in [-0.05, 0) is 44.7 Å². The molecule has 0 unspecified atom stereocenters. The van der Waals surface area contributed by atoms with E-state index in [9.17, 15) is 4.79 Å². The van der Waals surface area contributed by atoms with Crippen LogP contribution in [0.5, 0.6) is 0 Å². The second kappa shape index (κ2) is 9.64. The zero-order valence-corrected chi connectivity index (χ0v) is 15.5. The summed E-state index contributed by atoms with van der Waals surface area (Å²) >= 11 is 0. The molecule has 1 atom stereocenters. The van der Waals surface area contributed by atoms with Crippen molar-refractivity contribution in [1.29, 1.82) is 0 Å². The fourth-order valence-corrected chi connectivity index (χ4v) is 2.49. The number of amides is 1. The molecule has 0 aromatic heterocycles. The van der Waals surface area contributed by atoms with Gasteiger partial charge >= 0.3 is 6.09 Å². The highest BCUT2D eigenvalue weighted by molar-refractivity contribution is 5.68. The Hall–Kier alpha value is -1.59. The topological polar surface area (TPSA) is 59.0 Å². The van der Waals surface area contributed by atoms with E-state index in [4.69, 9.17) is 14.6 Å². The Morgan fingerprint density at radius 3 is 2.50 bits per heavy atom. The lowest BCUT2D eigenvalue weighted by Crippen LogP contribution is -2.44. The summed E-state index contributed by atoms with van der Waals surface area (Å²) in [5.74, 6) is 0. The van der Waals surface area contributed by atoms with Crippen LogP contribution in [0.3, 0.4) is 0 Å². The van der Waals surface area contributed by atoms with E-state index in [1.54, 1.807) is 12.0 Å². The first-order valence-corrected chi connectivity index (χ1v) is 8.48. The molecule has 24 heavy (non-hydrogen) atoms. The normalized spacial score (nSPS) is 12.8. The van der Waals surface area contributed by atoms with E-state index in [1.165, 1.54) is 0 Å². The van der Waals surface area contributed by atoms with Crippen LogP contribution >= 0.6 is 0 Å². The van der Waals surface area contributed by atoms with Crippen molar-refractivity contribution in [2.24, 2.45) is 0 Å². The highest BCUT2D eigenvalue weighted by atomic mass is 16.6. The van der Waals surface area contributed by atoms with Crippen molar-refractivity contribution in [2.75, 3.05) is 20.3 Å². The van der Waals surface area contributed by atoms with Crippen molar-refractivity contribution in [1.82, 2.24) is 4.90 Å². The SMILES string of the molecule is CC[C@@H](COC)N(Cc1cccc(CCO)c1)C(=O)OC(C)(C)C. The van der Waals surface area contributed by atoms with Crippen molar-refractivity contribution >= 4 is 6.09 Å². The maximum absolute atomic E-state index is 12.7. The van der Waals surface area contributed by atoms with E-state index in [-0.39, 0.29) is 18.7 Å². The smallest absolute Gasteiger partial charge is 0.410 e.